The van der Waals surface area contributed by atoms with Gasteiger partial charge in [0.2, 0.25) is 0 Å². The van der Waals surface area contributed by atoms with Crippen LogP contribution in [0.15, 0.2) is 211 Å². The molecule has 4 nitrogen and oxygen atoms in total. The summed E-state index contributed by atoms with van der Waals surface area (Å²) in [5.41, 5.74) is 17.4. The topological polar surface area (TPSA) is 25.7 Å². The van der Waals surface area contributed by atoms with Crippen molar-refractivity contribution in [1.82, 2.24) is 8.97 Å². The van der Waals surface area contributed by atoms with Crippen LogP contribution in [0, 0.1) is 0 Å². The first-order valence-electron chi connectivity index (χ1n) is 24.2. The molecule has 0 saturated carbocycles. The number of benzene rings is 9. The van der Waals surface area contributed by atoms with Crippen LogP contribution in [-0.2, 0) is 6.42 Å². The number of anilines is 3. The van der Waals surface area contributed by atoms with Gasteiger partial charge in [0.25, 0.3) is 0 Å². The molecule has 68 heavy (non-hydrogen) atoms. The van der Waals surface area contributed by atoms with E-state index < -0.39 is 0 Å². The van der Waals surface area contributed by atoms with Crippen LogP contribution in [0.3, 0.4) is 0 Å². The molecule has 0 unspecified atom stereocenters. The minimum Gasteiger partial charge on any atom is -0.460 e. The van der Waals surface area contributed by atoms with Gasteiger partial charge >= 0.3 is 0 Å². The highest BCUT2D eigenvalue weighted by molar-refractivity contribution is 6.25. The van der Waals surface area contributed by atoms with Crippen LogP contribution >= 0.6 is 0 Å². The number of allylic oxidation sites excluding steroid dienone is 1. The summed E-state index contributed by atoms with van der Waals surface area (Å²) >= 11 is 0. The van der Waals surface area contributed by atoms with Gasteiger partial charge in [-0.15, -0.1) is 0 Å². The molecule has 1 aliphatic carbocycles. The highest BCUT2D eigenvalue weighted by atomic mass is 16.3. The fourth-order valence-corrected chi connectivity index (χ4v) is 10.8. The minimum absolute atomic E-state index is 0.953. The lowest BCUT2D eigenvalue weighted by molar-refractivity contribution is 0.546. The zero-order valence-electron chi connectivity index (χ0n) is 38.9. The van der Waals surface area contributed by atoms with E-state index in [9.17, 15) is 0 Å². The standard InChI is InChI=1S/C60H39N3O.2C2H6/c1-2-12-42(13-3-1)62-53-20-7-4-14-45(53)47-34-28-41(37-56(47)62)39-26-32-44(33-27-39)61(43-30-24-38(25-31-43)40-29-35-58-52(36-40)48-16-6-9-23-57(48)64-58)55-22-11-19-51-50-18-10-17-49-46-15-5-8-21-54(46)63(59(49)50)60(51)55;2*1-2/h1-8,10-22,24-37H,9,23H2;2*1-2H3. The van der Waals surface area contributed by atoms with Gasteiger partial charge in [0.05, 0.1) is 33.3 Å². The molecule has 0 spiro atoms. The Morgan fingerprint density at radius 3 is 1.69 bits per heavy atom. The zero-order valence-corrected chi connectivity index (χ0v) is 38.9. The van der Waals surface area contributed by atoms with E-state index in [1.165, 1.54) is 93.1 Å². The third kappa shape index (κ3) is 6.36. The predicted molar refractivity (Wildman–Crippen MR) is 291 cm³/mol. The molecule has 4 heterocycles. The van der Waals surface area contributed by atoms with Gasteiger partial charge < -0.3 is 18.3 Å². The van der Waals surface area contributed by atoms with Crippen molar-refractivity contribution in [1.29, 1.82) is 0 Å². The molecule has 4 heteroatoms. The summed E-state index contributed by atoms with van der Waals surface area (Å²) in [6, 6.07) is 73.5. The molecule has 1 aliphatic rings. The number of hydrogen-bond donors (Lipinski definition) is 0. The van der Waals surface area contributed by atoms with Gasteiger partial charge in [-0.3, -0.25) is 0 Å². The molecule has 328 valence electrons. The number of aromatic nitrogens is 2. The van der Waals surface area contributed by atoms with E-state index in [4.69, 9.17) is 4.42 Å². The molecule has 9 aromatic carbocycles. The van der Waals surface area contributed by atoms with E-state index in [-0.39, 0.29) is 0 Å². The van der Waals surface area contributed by atoms with E-state index in [2.05, 4.69) is 226 Å². The molecule has 0 saturated heterocycles. The van der Waals surface area contributed by atoms with Gasteiger partial charge in [-0.1, -0.05) is 167 Å². The Labute approximate surface area is 396 Å². The van der Waals surface area contributed by atoms with Crippen LogP contribution < -0.4 is 4.90 Å². The van der Waals surface area contributed by atoms with Gasteiger partial charge in [-0.2, -0.15) is 0 Å². The molecule has 0 radical (unpaired) electrons. The van der Waals surface area contributed by atoms with Crippen molar-refractivity contribution < 1.29 is 4.42 Å². The zero-order chi connectivity index (χ0) is 45.9. The van der Waals surface area contributed by atoms with Crippen molar-refractivity contribution in [2.75, 3.05) is 4.90 Å². The van der Waals surface area contributed by atoms with E-state index in [0.29, 0.717) is 0 Å². The Kier molecular flexibility index (Phi) is 10.2. The molecular weight excluding hydrogens is 827 g/mol. The maximum atomic E-state index is 6.26. The second-order valence-corrected chi connectivity index (χ2v) is 17.2. The molecular formula is C64H51N3O. The monoisotopic (exact) mass is 877 g/mol. The van der Waals surface area contributed by atoms with Gasteiger partial charge in [0.15, 0.2) is 0 Å². The fraction of sp³-hybridized carbons (Fsp3) is 0.0938. The summed E-state index contributed by atoms with van der Waals surface area (Å²) in [5, 5.41) is 8.76. The normalized spacial score (nSPS) is 12.2. The number of hydrogen-bond acceptors (Lipinski definition) is 2. The molecule has 0 aliphatic heterocycles. The fourth-order valence-electron chi connectivity index (χ4n) is 10.8. The van der Waals surface area contributed by atoms with Crippen LogP contribution in [0.5, 0.6) is 0 Å². The second-order valence-electron chi connectivity index (χ2n) is 17.2. The molecule has 0 bridgehead atoms. The van der Waals surface area contributed by atoms with E-state index >= 15 is 0 Å². The van der Waals surface area contributed by atoms with E-state index in [1.807, 2.05) is 27.7 Å². The average molecular weight is 878 g/mol. The minimum atomic E-state index is 0.953. The van der Waals surface area contributed by atoms with E-state index in [1.54, 1.807) is 0 Å². The third-order valence-corrected chi connectivity index (χ3v) is 13.7. The van der Waals surface area contributed by atoms with Crippen LogP contribution in [-0.4, -0.2) is 8.97 Å². The summed E-state index contributed by atoms with van der Waals surface area (Å²) < 4.78 is 11.1. The number of fused-ring (bicyclic) bond motifs is 12. The Balaban J connectivity index is 0.00000117. The maximum absolute atomic E-state index is 6.26. The number of furan rings is 1. The van der Waals surface area contributed by atoms with Gasteiger partial charge in [-0.25, -0.2) is 0 Å². The van der Waals surface area contributed by atoms with Crippen molar-refractivity contribution in [2.24, 2.45) is 0 Å². The summed E-state index contributed by atoms with van der Waals surface area (Å²) in [5.74, 6) is 1.09. The number of para-hydroxylation sites is 5. The van der Waals surface area contributed by atoms with Crippen LogP contribution in [0.25, 0.3) is 105 Å². The van der Waals surface area contributed by atoms with Crippen molar-refractivity contribution >= 4 is 94.0 Å². The number of rotatable bonds is 6. The summed E-state index contributed by atoms with van der Waals surface area (Å²) in [6.45, 7) is 8.00. The quantitative estimate of drug-likeness (QED) is 0.166. The average Bonchev–Trinajstić information content (AvgIpc) is 4.16. The summed E-state index contributed by atoms with van der Waals surface area (Å²) in [7, 11) is 0. The predicted octanol–water partition coefficient (Wildman–Crippen LogP) is 18.5. The Hall–Kier alpha value is -8.34. The van der Waals surface area contributed by atoms with Crippen molar-refractivity contribution in [3.8, 4) is 27.9 Å². The van der Waals surface area contributed by atoms with Crippen LogP contribution in [0.2, 0.25) is 0 Å². The molecule has 13 aromatic rings. The van der Waals surface area contributed by atoms with Gasteiger partial charge in [-0.05, 0) is 101 Å². The Morgan fingerprint density at radius 1 is 0.426 bits per heavy atom. The molecule has 0 atom stereocenters. The molecule has 14 rings (SSSR count). The molecule has 4 aromatic heterocycles. The van der Waals surface area contributed by atoms with E-state index in [0.717, 1.165) is 46.9 Å². The lowest BCUT2D eigenvalue weighted by Gasteiger charge is -2.27. The highest BCUT2D eigenvalue weighted by Crippen LogP contribution is 2.46. The third-order valence-electron chi connectivity index (χ3n) is 13.7. The second kappa shape index (κ2) is 16.8. The van der Waals surface area contributed by atoms with Crippen LogP contribution in [0.4, 0.5) is 17.1 Å². The molecule has 0 fully saturated rings. The lowest BCUT2D eigenvalue weighted by atomic mass is 9.98. The van der Waals surface area contributed by atoms with Gasteiger partial charge in [0.1, 0.15) is 11.3 Å². The van der Waals surface area contributed by atoms with Crippen LogP contribution in [0.1, 0.15) is 45.4 Å². The largest absolute Gasteiger partial charge is 0.460 e. The summed E-state index contributed by atoms with van der Waals surface area (Å²) in [4.78, 5) is 2.44. The first-order valence-corrected chi connectivity index (χ1v) is 24.2. The van der Waals surface area contributed by atoms with Crippen molar-refractivity contribution in [3.05, 3.63) is 218 Å². The van der Waals surface area contributed by atoms with Crippen molar-refractivity contribution in [3.63, 3.8) is 0 Å². The van der Waals surface area contributed by atoms with Crippen molar-refractivity contribution in [2.45, 2.75) is 40.5 Å². The highest BCUT2D eigenvalue weighted by Gasteiger charge is 2.24. The number of aryl methyl sites for hydroxylation is 1. The Bertz CT molecular complexity index is 4000. The first kappa shape index (κ1) is 41.1. The molecule has 0 N–H and O–H groups in total. The van der Waals surface area contributed by atoms with Gasteiger partial charge in [0, 0.05) is 66.8 Å². The lowest BCUT2D eigenvalue weighted by Crippen LogP contribution is -2.11. The smallest absolute Gasteiger partial charge is 0.134 e. The first-order chi connectivity index (χ1) is 33.7. The Morgan fingerprint density at radius 2 is 0.971 bits per heavy atom. The number of nitrogens with zero attached hydrogens (tertiary/aromatic N) is 3. The maximum Gasteiger partial charge on any atom is 0.134 e. The SMILES string of the molecule is C1=Cc2c(oc3ccc(-c4ccc(N(c5ccc(-c6ccc7c8ccccc8n(-c8ccccc8)c7c6)cc5)c5cccc6c7cccc8c9ccccc9n(c56)c87)cc4)cc23)CC1.CC.CC. The summed E-state index contributed by atoms with van der Waals surface area (Å²) in [6.07, 6.45) is 6.46. The molecule has 0 amide bonds.